The zero-order chi connectivity index (χ0) is 46.5. The van der Waals surface area contributed by atoms with Gasteiger partial charge in [0.05, 0.1) is 5.41 Å². The molecule has 3 heteroatoms. The lowest BCUT2D eigenvalue weighted by molar-refractivity contribution is 0.487. The quantitative estimate of drug-likeness (QED) is 0.134. The second-order valence-electron chi connectivity index (χ2n) is 18.3. The van der Waals surface area contributed by atoms with Crippen LogP contribution in [0.1, 0.15) is 22.3 Å². The minimum absolute atomic E-state index is 0.522. The van der Waals surface area contributed by atoms with Crippen LogP contribution >= 0.6 is 0 Å². The zero-order valence-corrected chi connectivity index (χ0v) is 39.5. The number of ether oxygens (including phenoxy) is 1. The Labute approximate surface area is 411 Å². The van der Waals surface area contributed by atoms with E-state index in [-0.39, 0.29) is 0 Å². The first-order valence-corrected chi connectivity index (χ1v) is 26.2. The summed E-state index contributed by atoms with van der Waals surface area (Å²) in [6.07, 6.45) is 0. The van der Waals surface area contributed by atoms with E-state index in [1.165, 1.54) is 65.3 Å². The fraction of sp³-hybridized carbons (Fsp3) is 0.0149. The molecule has 0 unspecified atom stereocenters. The second kappa shape index (κ2) is 17.1. The van der Waals surface area contributed by atoms with E-state index in [0.29, 0.717) is 0 Å². The Morgan fingerprint density at radius 3 is 1.36 bits per heavy atom. The van der Waals surface area contributed by atoms with Crippen LogP contribution in [0.5, 0.6) is 11.5 Å². The monoisotopic (exact) mass is 909 g/mol. The second-order valence-corrected chi connectivity index (χ2v) is 22.1. The average Bonchev–Trinajstić information content (AvgIpc) is 3.74. The molecular weight excluding hydrogens is 863 g/mol. The fourth-order valence-electron chi connectivity index (χ4n) is 11.6. The van der Waals surface area contributed by atoms with Crippen molar-refractivity contribution in [3.63, 3.8) is 0 Å². The average molecular weight is 910 g/mol. The van der Waals surface area contributed by atoms with Crippen LogP contribution in [0, 0.1) is 0 Å². The first-order valence-electron chi connectivity index (χ1n) is 24.2. The first kappa shape index (κ1) is 41.4. The minimum atomic E-state index is -2.81. The maximum atomic E-state index is 6.80. The van der Waals surface area contributed by atoms with Gasteiger partial charge in [0.25, 0.3) is 0 Å². The predicted octanol–water partition coefficient (Wildman–Crippen LogP) is 14.3. The molecule has 0 saturated carbocycles. The van der Waals surface area contributed by atoms with Crippen LogP contribution in [0.4, 0.5) is 17.1 Å². The molecule has 1 heterocycles. The van der Waals surface area contributed by atoms with Crippen molar-refractivity contribution in [1.82, 2.24) is 0 Å². The molecule has 1 aliphatic heterocycles. The van der Waals surface area contributed by atoms with Crippen LogP contribution in [-0.2, 0) is 5.41 Å². The highest BCUT2D eigenvalue weighted by atomic mass is 28.3. The Morgan fingerprint density at radius 2 is 0.743 bits per heavy atom. The fourth-order valence-corrected chi connectivity index (χ4v) is 16.6. The molecule has 13 rings (SSSR count). The van der Waals surface area contributed by atoms with Gasteiger partial charge in [-0.25, -0.2) is 0 Å². The van der Waals surface area contributed by atoms with E-state index in [1.807, 2.05) is 0 Å². The molecule has 0 N–H and O–H groups in total. The molecule has 0 radical (unpaired) electrons. The highest BCUT2D eigenvalue weighted by molar-refractivity contribution is 7.20. The first-order chi connectivity index (χ1) is 34.7. The molecule has 0 aromatic heterocycles. The van der Waals surface area contributed by atoms with E-state index in [9.17, 15) is 0 Å². The van der Waals surface area contributed by atoms with Gasteiger partial charge in [-0.2, -0.15) is 0 Å². The van der Waals surface area contributed by atoms with Gasteiger partial charge < -0.3 is 9.64 Å². The molecule has 330 valence electrons. The van der Waals surface area contributed by atoms with Crippen molar-refractivity contribution in [3.8, 4) is 44.9 Å². The van der Waals surface area contributed by atoms with Crippen molar-refractivity contribution in [1.29, 1.82) is 0 Å². The van der Waals surface area contributed by atoms with Crippen molar-refractivity contribution in [2.75, 3.05) is 4.90 Å². The normalized spacial score (nSPS) is 13.5. The summed E-state index contributed by atoms with van der Waals surface area (Å²) in [6.45, 7) is 0. The van der Waals surface area contributed by atoms with Crippen LogP contribution in [0.15, 0.2) is 285 Å². The van der Waals surface area contributed by atoms with E-state index in [4.69, 9.17) is 4.74 Å². The van der Waals surface area contributed by atoms with Gasteiger partial charge in [-0.3, -0.25) is 0 Å². The summed E-state index contributed by atoms with van der Waals surface area (Å²) >= 11 is 0. The van der Waals surface area contributed by atoms with Gasteiger partial charge in [-0.15, -0.1) is 0 Å². The summed E-state index contributed by atoms with van der Waals surface area (Å²) in [5, 5.41) is 5.19. The number of benzene rings is 11. The van der Waals surface area contributed by atoms with Crippen molar-refractivity contribution in [2.45, 2.75) is 5.41 Å². The Morgan fingerprint density at radius 1 is 0.300 bits per heavy atom. The van der Waals surface area contributed by atoms with Crippen LogP contribution in [0.25, 0.3) is 33.4 Å². The minimum Gasteiger partial charge on any atom is -0.458 e. The van der Waals surface area contributed by atoms with Gasteiger partial charge in [0.1, 0.15) is 11.5 Å². The van der Waals surface area contributed by atoms with Crippen LogP contribution in [0.2, 0.25) is 0 Å². The molecule has 0 atom stereocenters. The maximum absolute atomic E-state index is 6.80. The molecular formula is C67H47NOSi. The highest BCUT2D eigenvalue weighted by Gasteiger charge is 2.49. The summed E-state index contributed by atoms with van der Waals surface area (Å²) in [4.78, 5) is 2.42. The lowest BCUT2D eigenvalue weighted by Gasteiger charge is -2.39. The molecule has 70 heavy (non-hydrogen) atoms. The van der Waals surface area contributed by atoms with Gasteiger partial charge in [0.15, 0.2) is 8.07 Å². The summed E-state index contributed by atoms with van der Waals surface area (Å²) in [5.74, 6) is 1.85. The number of para-hydroxylation sites is 1. The highest BCUT2D eigenvalue weighted by Crippen LogP contribution is 2.57. The van der Waals surface area contributed by atoms with E-state index in [0.717, 1.165) is 39.7 Å². The number of rotatable bonds is 9. The van der Waals surface area contributed by atoms with Crippen LogP contribution in [-0.4, -0.2) is 8.07 Å². The Hall–Kier alpha value is -8.76. The molecule has 0 amide bonds. The molecule has 2 nitrogen and oxygen atoms in total. The van der Waals surface area contributed by atoms with Crippen molar-refractivity contribution >= 4 is 45.9 Å². The van der Waals surface area contributed by atoms with Gasteiger partial charge in [-0.1, -0.05) is 237 Å². The van der Waals surface area contributed by atoms with Gasteiger partial charge in [0, 0.05) is 17.1 Å². The summed E-state index contributed by atoms with van der Waals surface area (Å²) in [6, 6.07) is 105. The molecule has 0 saturated heterocycles. The summed E-state index contributed by atoms with van der Waals surface area (Å²) in [7, 11) is -2.81. The third-order valence-corrected chi connectivity index (χ3v) is 19.5. The molecule has 0 fully saturated rings. The van der Waals surface area contributed by atoms with Gasteiger partial charge in [-0.05, 0) is 125 Å². The zero-order valence-electron chi connectivity index (χ0n) is 38.5. The Bertz CT molecular complexity index is 3570. The number of hydrogen-bond donors (Lipinski definition) is 0. The number of anilines is 3. The van der Waals surface area contributed by atoms with E-state index < -0.39 is 13.5 Å². The van der Waals surface area contributed by atoms with E-state index in [1.54, 1.807) is 0 Å². The largest absolute Gasteiger partial charge is 0.458 e. The van der Waals surface area contributed by atoms with Crippen molar-refractivity contribution < 1.29 is 4.74 Å². The van der Waals surface area contributed by atoms with E-state index in [2.05, 4.69) is 290 Å². The summed E-state index contributed by atoms with van der Waals surface area (Å²) in [5.41, 5.74) is 15.0. The Balaban J connectivity index is 0.972. The predicted molar refractivity (Wildman–Crippen MR) is 293 cm³/mol. The molecule has 11 aromatic rings. The van der Waals surface area contributed by atoms with Crippen LogP contribution in [0.3, 0.4) is 0 Å². The van der Waals surface area contributed by atoms with Crippen molar-refractivity contribution in [3.05, 3.63) is 307 Å². The smallest absolute Gasteiger partial charge is 0.188 e. The summed E-state index contributed by atoms with van der Waals surface area (Å²) < 4.78 is 6.80. The molecule has 0 spiro atoms. The van der Waals surface area contributed by atoms with E-state index >= 15 is 0 Å². The molecule has 2 aliphatic rings. The molecule has 11 aromatic carbocycles. The lowest BCUT2D eigenvalue weighted by atomic mass is 9.67. The van der Waals surface area contributed by atoms with Crippen LogP contribution < -0.4 is 30.4 Å². The standard InChI is InChI=1S/C67H47NOSi/c1-6-20-48(21-7-1)49-34-39-54(40-35-49)68(56-43-44-60-59-30-16-17-31-61(59)67(62(60)47-56,52-22-8-2-9-23-52)53-24-10-3-11-25-53)55-41-36-50(37-42-55)51-38-45-64-66(46-51)70(57-26-12-4-13-27-57,58-28-14-5-15-29-58)65-33-19-18-32-63(65)69-64/h1-47H. The van der Waals surface area contributed by atoms with Gasteiger partial charge >= 0.3 is 0 Å². The number of fused-ring (bicyclic) bond motifs is 5. The van der Waals surface area contributed by atoms with Gasteiger partial charge in [0.2, 0.25) is 0 Å². The molecule has 0 bridgehead atoms. The third kappa shape index (κ3) is 6.54. The lowest BCUT2D eigenvalue weighted by Crippen LogP contribution is -2.76. The number of nitrogens with zero attached hydrogens (tertiary/aromatic N) is 1. The topological polar surface area (TPSA) is 12.5 Å². The number of hydrogen-bond acceptors (Lipinski definition) is 2. The maximum Gasteiger partial charge on any atom is 0.188 e. The molecule has 1 aliphatic carbocycles. The third-order valence-electron chi connectivity index (χ3n) is 14.7. The SMILES string of the molecule is c1ccc(-c2ccc(N(c3ccc(-c4ccc5c(c4)[Si](c4ccccc4)(c4ccccc4)c4ccccc4O5)cc3)c3ccc4c(c3)C(c3ccccc3)(c3ccccc3)c3ccccc3-4)cc2)cc1. The van der Waals surface area contributed by atoms with Crippen molar-refractivity contribution in [2.24, 2.45) is 0 Å². The Kier molecular flexibility index (Phi) is 10.1.